The SMILES string of the molecule is Cc1ccc(N2CCN(C(=O)[C@@H]3CC[C@H](C(=O)N(C)C)O3)CC2=O)o1. The number of likely N-dealkylation sites (N-methyl/N-ethyl adjacent to an activating group) is 1. The molecule has 3 heterocycles. The number of hydrogen-bond acceptors (Lipinski definition) is 5. The van der Waals surface area contributed by atoms with Gasteiger partial charge >= 0.3 is 0 Å². The molecule has 0 spiro atoms. The summed E-state index contributed by atoms with van der Waals surface area (Å²) in [4.78, 5) is 41.4. The molecule has 2 fully saturated rings. The third-order valence-corrected chi connectivity index (χ3v) is 4.54. The first-order valence-electron chi connectivity index (χ1n) is 8.39. The molecule has 2 aliphatic rings. The number of nitrogens with zero attached hydrogens (tertiary/aromatic N) is 3. The Balaban J connectivity index is 1.58. The summed E-state index contributed by atoms with van der Waals surface area (Å²) in [6.45, 7) is 2.60. The molecule has 0 radical (unpaired) electrons. The molecule has 0 aliphatic carbocycles. The number of ether oxygens (including phenoxy) is 1. The van der Waals surface area contributed by atoms with E-state index in [-0.39, 0.29) is 24.3 Å². The standard InChI is InChI=1S/C17H23N3O5/c1-11-4-7-15(24-11)20-9-8-19(10-14(20)21)17(23)13-6-5-12(25-13)16(22)18(2)3/h4,7,12-13H,5-6,8-10H2,1-3H3/t12-,13+/m1/s1. The molecule has 3 amide bonds. The van der Waals surface area contributed by atoms with Crippen LogP contribution < -0.4 is 4.90 Å². The summed E-state index contributed by atoms with van der Waals surface area (Å²) in [5.41, 5.74) is 0. The van der Waals surface area contributed by atoms with Gasteiger partial charge in [-0.2, -0.15) is 0 Å². The van der Waals surface area contributed by atoms with Crippen molar-refractivity contribution in [2.24, 2.45) is 0 Å². The molecule has 136 valence electrons. The van der Waals surface area contributed by atoms with Crippen molar-refractivity contribution in [2.45, 2.75) is 32.0 Å². The Morgan fingerprint density at radius 2 is 1.88 bits per heavy atom. The number of carbonyl (C=O) groups is 3. The van der Waals surface area contributed by atoms with Crippen molar-refractivity contribution in [1.29, 1.82) is 0 Å². The fourth-order valence-electron chi connectivity index (χ4n) is 3.15. The van der Waals surface area contributed by atoms with Crippen molar-refractivity contribution >= 4 is 23.6 Å². The number of aryl methyl sites for hydroxylation is 1. The Labute approximate surface area is 146 Å². The molecule has 3 rings (SSSR count). The Morgan fingerprint density at radius 3 is 2.48 bits per heavy atom. The number of carbonyl (C=O) groups excluding carboxylic acids is 3. The predicted octanol–water partition coefficient (Wildman–Crippen LogP) is 0.399. The van der Waals surface area contributed by atoms with Crippen molar-refractivity contribution in [3.8, 4) is 0 Å². The molecule has 8 heteroatoms. The zero-order chi connectivity index (χ0) is 18.1. The van der Waals surface area contributed by atoms with E-state index < -0.39 is 12.2 Å². The van der Waals surface area contributed by atoms with Gasteiger partial charge in [0.2, 0.25) is 11.8 Å². The molecule has 0 saturated carbocycles. The first kappa shape index (κ1) is 17.5. The van der Waals surface area contributed by atoms with Crippen LogP contribution in [-0.2, 0) is 19.1 Å². The van der Waals surface area contributed by atoms with Crippen LogP contribution in [0.15, 0.2) is 16.5 Å². The molecule has 2 aliphatic heterocycles. The van der Waals surface area contributed by atoms with E-state index in [1.165, 1.54) is 9.80 Å². The van der Waals surface area contributed by atoms with Gasteiger partial charge in [0.25, 0.3) is 11.8 Å². The molecule has 0 unspecified atom stereocenters. The second-order valence-electron chi connectivity index (χ2n) is 6.61. The van der Waals surface area contributed by atoms with E-state index in [1.54, 1.807) is 31.1 Å². The maximum Gasteiger partial charge on any atom is 0.252 e. The summed E-state index contributed by atoms with van der Waals surface area (Å²) in [7, 11) is 3.32. The van der Waals surface area contributed by atoms with Crippen LogP contribution in [0.2, 0.25) is 0 Å². The van der Waals surface area contributed by atoms with E-state index in [0.717, 1.165) is 5.76 Å². The van der Waals surface area contributed by atoms with Crippen molar-refractivity contribution < 1.29 is 23.5 Å². The third-order valence-electron chi connectivity index (χ3n) is 4.54. The normalized spacial score (nSPS) is 23.9. The second-order valence-corrected chi connectivity index (χ2v) is 6.61. The largest absolute Gasteiger partial charge is 0.445 e. The third kappa shape index (κ3) is 3.53. The van der Waals surface area contributed by atoms with Crippen molar-refractivity contribution in [2.75, 3.05) is 38.6 Å². The van der Waals surface area contributed by atoms with Crippen LogP contribution in [-0.4, -0.2) is 73.5 Å². The number of amides is 3. The Bertz CT molecular complexity index is 684. The lowest BCUT2D eigenvalue weighted by Gasteiger charge is -2.34. The highest BCUT2D eigenvalue weighted by atomic mass is 16.5. The lowest BCUT2D eigenvalue weighted by molar-refractivity contribution is -0.151. The van der Waals surface area contributed by atoms with Gasteiger partial charge in [0, 0.05) is 33.3 Å². The lowest BCUT2D eigenvalue weighted by Crippen LogP contribution is -2.54. The van der Waals surface area contributed by atoms with Crippen molar-refractivity contribution in [3.63, 3.8) is 0 Å². The maximum atomic E-state index is 12.6. The molecule has 0 N–H and O–H groups in total. The second kappa shape index (κ2) is 6.87. The quantitative estimate of drug-likeness (QED) is 0.789. The Morgan fingerprint density at radius 1 is 1.16 bits per heavy atom. The van der Waals surface area contributed by atoms with Crippen LogP contribution in [0.5, 0.6) is 0 Å². The van der Waals surface area contributed by atoms with Crippen LogP contribution in [0, 0.1) is 6.92 Å². The minimum Gasteiger partial charge on any atom is -0.445 e. The number of hydrogen-bond donors (Lipinski definition) is 0. The topological polar surface area (TPSA) is 83.3 Å². The molecule has 0 aromatic carbocycles. The highest BCUT2D eigenvalue weighted by Gasteiger charge is 2.39. The van der Waals surface area contributed by atoms with E-state index >= 15 is 0 Å². The predicted molar refractivity (Wildman–Crippen MR) is 89.0 cm³/mol. The molecular weight excluding hydrogens is 326 g/mol. The molecule has 1 aromatic heterocycles. The molecule has 8 nitrogen and oxygen atoms in total. The summed E-state index contributed by atoms with van der Waals surface area (Å²) in [5, 5.41) is 0. The van der Waals surface area contributed by atoms with Gasteiger partial charge in [-0.25, -0.2) is 0 Å². The van der Waals surface area contributed by atoms with Crippen LogP contribution in [0.25, 0.3) is 0 Å². The van der Waals surface area contributed by atoms with Gasteiger partial charge < -0.3 is 19.0 Å². The molecular formula is C17H23N3O5. The first-order chi connectivity index (χ1) is 11.9. The maximum absolute atomic E-state index is 12.6. The Hall–Kier alpha value is -2.35. The lowest BCUT2D eigenvalue weighted by atomic mass is 10.1. The highest BCUT2D eigenvalue weighted by molar-refractivity contribution is 5.97. The molecule has 2 saturated heterocycles. The van der Waals surface area contributed by atoms with Crippen LogP contribution in [0.4, 0.5) is 5.88 Å². The summed E-state index contributed by atoms with van der Waals surface area (Å²) < 4.78 is 11.1. The summed E-state index contributed by atoms with van der Waals surface area (Å²) in [5.74, 6) is 0.690. The zero-order valence-corrected chi connectivity index (χ0v) is 14.7. The Kier molecular flexibility index (Phi) is 4.80. The van der Waals surface area contributed by atoms with Crippen molar-refractivity contribution in [1.82, 2.24) is 9.80 Å². The molecule has 1 aromatic rings. The smallest absolute Gasteiger partial charge is 0.252 e. The first-order valence-corrected chi connectivity index (χ1v) is 8.39. The van der Waals surface area contributed by atoms with Gasteiger partial charge in [-0.1, -0.05) is 0 Å². The van der Waals surface area contributed by atoms with Crippen LogP contribution in [0.3, 0.4) is 0 Å². The van der Waals surface area contributed by atoms with Gasteiger partial charge in [0.1, 0.15) is 24.5 Å². The van der Waals surface area contributed by atoms with E-state index in [9.17, 15) is 14.4 Å². The van der Waals surface area contributed by atoms with Gasteiger partial charge in [-0.3, -0.25) is 19.3 Å². The van der Waals surface area contributed by atoms with E-state index in [2.05, 4.69) is 0 Å². The molecule has 25 heavy (non-hydrogen) atoms. The fourth-order valence-corrected chi connectivity index (χ4v) is 3.15. The minimum absolute atomic E-state index is 0.00919. The van der Waals surface area contributed by atoms with E-state index in [1.807, 2.05) is 6.92 Å². The fraction of sp³-hybridized carbons (Fsp3) is 0.588. The summed E-state index contributed by atoms with van der Waals surface area (Å²) in [6.07, 6.45) is -0.215. The average molecular weight is 349 g/mol. The summed E-state index contributed by atoms with van der Waals surface area (Å²) in [6, 6.07) is 3.55. The molecule has 0 bridgehead atoms. The van der Waals surface area contributed by atoms with Gasteiger partial charge in [-0.15, -0.1) is 0 Å². The average Bonchev–Trinajstić information content (AvgIpc) is 3.22. The van der Waals surface area contributed by atoms with Gasteiger partial charge in [0.05, 0.1) is 0 Å². The molecule has 2 atom stereocenters. The van der Waals surface area contributed by atoms with Gasteiger partial charge in [0.15, 0.2) is 0 Å². The van der Waals surface area contributed by atoms with E-state index in [4.69, 9.17) is 9.15 Å². The highest BCUT2D eigenvalue weighted by Crippen LogP contribution is 2.25. The zero-order valence-electron chi connectivity index (χ0n) is 14.7. The van der Waals surface area contributed by atoms with Crippen LogP contribution in [0.1, 0.15) is 18.6 Å². The van der Waals surface area contributed by atoms with E-state index in [0.29, 0.717) is 31.8 Å². The number of furan rings is 1. The van der Waals surface area contributed by atoms with Gasteiger partial charge in [-0.05, 0) is 25.8 Å². The van der Waals surface area contributed by atoms with Crippen molar-refractivity contribution in [3.05, 3.63) is 17.9 Å². The minimum atomic E-state index is -0.654. The number of piperazine rings is 1. The number of rotatable bonds is 3. The number of anilines is 1. The summed E-state index contributed by atoms with van der Waals surface area (Å²) >= 11 is 0. The monoisotopic (exact) mass is 349 g/mol. The van der Waals surface area contributed by atoms with Crippen LogP contribution >= 0.6 is 0 Å².